The van der Waals surface area contributed by atoms with Gasteiger partial charge in [-0.3, -0.25) is 4.79 Å². The molecule has 2 aliphatic rings. The van der Waals surface area contributed by atoms with Gasteiger partial charge in [-0.25, -0.2) is 9.97 Å². The molecule has 5 nitrogen and oxygen atoms in total. The standard InChI is InChI=1S/C20H32N4O/c1-15(2)7-11-23-12-20(9-6-18(23)25)8-5-10-24(13-20)19-16(3)17(4)21-14-22-19/h14-15H,5-13H2,1-4H3/t20-/m1/s1. The largest absolute Gasteiger partial charge is 0.356 e. The van der Waals surface area contributed by atoms with Crippen LogP contribution in [-0.2, 0) is 4.79 Å². The lowest BCUT2D eigenvalue weighted by atomic mass is 9.73. The number of aromatic nitrogens is 2. The van der Waals surface area contributed by atoms with Crippen LogP contribution in [0.3, 0.4) is 0 Å². The molecule has 0 unspecified atom stereocenters. The van der Waals surface area contributed by atoms with E-state index >= 15 is 0 Å². The third kappa shape index (κ3) is 3.96. The van der Waals surface area contributed by atoms with Gasteiger partial charge in [0.15, 0.2) is 0 Å². The third-order valence-corrected chi connectivity index (χ3v) is 6.00. The number of likely N-dealkylation sites (tertiary alicyclic amines) is 1. The monoisotopic (exact) mass is 344 g/mol. The van der Waals surface area contributed by atoms with Gasteiger partial charge >= 0.3 is 0 Å². The molecule has 1 aromatic heterocycles. The number of hydrogen-bond acceptors (Lipinski definition) is 4. The van der Waals surface area contributed by atoms with Crippen molar-refractivity contribution >= 4 is 11.7 Å². The number of carbonyl (C=O) groups excluding carboxylic acids is 1. The van der Waals surface area contributed by atoms with E-state index in [1.807, 2.05) is 6.92 Å². The minimum atomic E-state index is 0.231. The predicted octanol–water partition coefficient (Wildman–Crippen LogP) is 3.35. The fraction of sp³-hybridized carbons (Fsp3) is 0.750. The third-order valence-electron chi connectivity index (χ3n) is 6.00. The van der Waals surface area contributed by atoms with Gasteiger partial charge in [0, 0.05) is 49.3 Å². The molecule has 5 heteroatoms. The van der Waals surface area contributed by atoms with Gasteiger partial charge in [-0.05, 0) is 45.4 Å². The van der Waals surface area contributed by atoms with Gasteiger partial charge in [-0.2, -0.15) is 0 Å². The number of nitrogens with zero attached hydrogens (tertiary/aromatic N) is 4. The van der Waals surface area contributed by atoms with Crippen molar-refractivity contribution in [3.8, 4) is 0 Å². The maximum Gasteiger partial charge on any atom is 0.222 e. The molecule has 2 saturated heterocycles. The summed E-state index contributed by atoms with van der Waals surface area (Å²) < 4.78 is 0. The van der Waals surface area contributed by atoms with Crippen LogP contribution in [0.25, 0.3) is 0 Å². The van der Waals surface area contributed by atoms with Crippen molar-refractivity contribution in [1.82, 2.24) is 14.9 Å². The Hall–Kier alpha value is -1.65. The molecular formula is C20H32N4O. The van der Waals surface area contributed by atoms with E-state index in [2.05, 4.69) is 40.5 Å². The van der Waals surface area contributed by atoms with Crippen LogP contribution < -0.4 is 4.90 Å². The van der Waals surface area contributed by atoms with E-state index in [4.69, 9.17) is 0 Å². The molecule has 0 bridgehead atoms. The van der Waals surface area contributed by atoms with Crippen LogP contribution >= 0.6 is 0 Å². The highest BCUT2D eigenvalue weighted by Gasteiger charge is 2.42. The molecule has 1 amide bonds. The molecule has 25 heavy (non-hydrogen) atoms. The second-order valence-corrected chi connectivity index (χ2v) is 8.43. The fourth-order valence-electron chi connectivity index (χ4n) is 4.29. The summed E-state index contributed by atoms with van der Waals surface area (Å²) in [6, 6.07) is 0. The van der Waals surface area contributed by atoms with Crippen LogP contribution in [0, 0.1) is 25.2 Å². The molecular weight excluding hydrogens is 312 g/mol. The van der Waals surface area contributed by atoms with Gasteiger partial charge < -0.3 is 9.80 Å². The zero-order chi connectivity index (χ0) is 18.0. The first-order valence-electron chi connectivity index (χ1n) is 9.71. The Morgan fingerprint density at radius 3 is 2.76 bits per heavy atom. The number of piperidine rings is 2. The van der Waals surface area contributed by atoms with Crippen LogP contribution in [0.15, 0.2) is 6.33 Å². The number of amides is 1. The van der Waals surface area contributed by atoms with Crippen molar-refractivity contribution < 1.29 is 4.79 Å². The molecule has 138 valence electrons. The van der Waals surface area contributed by atoms with Crippen LogP contribution in [0.5, 0.6) is 0 Å². The van der Waals surface area contributed by atoms with Gasteiger partial charge in [0.2, 0.25) is 5.91 Å². The second-order valence-electron chi connectivity index (χ2n) is 8.43. The fourth-order valence-corrected chi connectivity index (χ4v) is 4.29. The Morgan fingerprint density at radius 2 is 2.00 bits per heavy atom. The van der Waals surface area contributed by atoms with Gasteiger partial charge in [0.1, 0.15) is 12.1 Å². The Morgan fingerprint density at radius 1 is 1.20 bits per heavy atom. The van der Waals surface area contributed by atoms with Gasteiger partial charge in [0.25, 0.3) is 0 Å². The zero-order valence-corrected chi connectivity index (χ0v) is 16.2. The lowest BCUT2D eigenvalue weighted by Gasteiger charge is -2.49. The van der Waals surface area contributed by atoms with E-state index in [0.29, 0.717) is 18.2 Å². The molecule has 1 spiro atoms. The Kier molecular flexibility index (Phi) is 5.30. The molecule has 3 rings (SSSR count). The summed E-state index contributed by atoms with van der Waals surface area (Å²) in [5, 5.41) is 0. The molecule has 0 N–H and O–H groups in total. The SMILES string of the molecule is Cc1ncnc(N2CCC[C@]3(CCC(=O)N(CCC(C)C)C3)C2)c1C. The molecule has 2 aliphatic heterocycles. The van der Waals surface area contributed by atoms with E-state index in [9.17, 15) is 4.79 Å². The molecule has 0 saturated carbocycles. The quantitative estimate of drug-likeness (QED) is 0.840. The lowest BCUT2D eigenvalue weighted by molar-refractivity contribution is -0.138. The second kappa shape index (κ2) is 7.30. The van der Waals surface area contributed by atoms with E-state index < -0.39 is 0 Å². The molecule has 0 radical (unpaired) electrons. The Balaban J connectivity index is 1.75. The summed E-state index contributed by atoms with van der Waals surface area (Å²) in [6.07, 6.45) is 6.89. The van der Waals surface area contributed by atoms with Gasteiger partial charge in [-0.15, -0.1) is 0 Å². The highest BCUT2D eigenvalue weighted by Crippen LogP contribution is 2.40. The summed E-state index contributed by atoms with van der Waals surface area (Å²) >= 11 is 0. The highest BCUT2D eigenvalue weighted by atomic mass is 16.2. The van der Waals surface area contributed by atoms with Gasteiger partial charge in [-0.1, -0.05) is 13.8 Å². The summed E-state index contributed by atoms with van der Waals surface area (Å²) in [7, 11) is 0. The molecule has 0 aliphatic carbocycles. The molecule has 2 fully saturated rings. The van der Waals surface area contributed by atoms with E-state index in [1.54, 1.807) is 6.33 Å². The number of rotatable bonds is 4. The van der Waals surface area contributed by atoms with Gasteiger partial charge in [0.05, 0.1) is 0 Å². The van der Waals surface area contributed by atoms with Crippen molar-refractivity contribution in [3.05, 3.63) is 17.6 Å². The average Bonchev–Trinajstić information content (AvgIpc) is 2.58. The Bertz CT molecular complexity index is 630. The normalized spacial score (nSPS) is 24.4. The summed E-state index contributed by atoms with van der Waals surface area (Å²) in [4.78, 5) is 25.8. The number of hydrogen-bond donors (Lipinski definition) is 0. The lowest BCUT2D eigenvalue weighted by Crippen LogP contribution is -2.54. The summed E-state index contributed by atoms with van der Waals surface area (Å²) in [5.74, 6) is 2.06. The van der Waals surface area contributed by atoms with E-state index in [-0.39, 0.29) is 5.41 Å². The van der Waals surface area contributed by atoms with Crippen molar-refractivity contribution in [3.63, 3.8) is 0 Å². The average molecular weight is 345 g/mol. The first-order chi connectivity index (χ1) is 11.9. The molecule has 1 atom stereocenters. The maximum absolute atomic E-state index is 12.4. The number of aryl methyl sites for hydroxylation is 1. The minimum Gasteiger partial charge on any atom is -0.356 e. The number of anilines is 1. The zero-order valence-electron chi connectivity index (χ0n) is 16.2. The minimum absolute atomic E-state index is 0.231. The molecule has 3 heterocycles. The van der Waals surface area contributed by atoms with Crippen molar-refractivity contribution in [2.75, 3.05) is 31.1 Å². The first kappa shape index (κ1) is 18.2. The molecule has 1 aromatic rings. The van der Waals surface area contributed by atoms with Crippen molar-refractivity contribution in [2.45, 2.75) is 59.8 Å². The topological polar surface area (TPSA) is 49.3 Å². The van der Waals surface area contributed by atoms with Crippen LogP contribution in [-0.4, -0.2) is 47.0 Å². The van der Waals surface area contributed by atoms with Crippen molar-refractivity contribution in [1.29, 1.82) is 0 Å². The smallest absolute Gasteiger partial charge is 0.222 e. The van der Waals surface area contributed by atoms with Crippen molar-refractivity contribution in [2.24, 2.45) is 11.3 Å². The Labute approximate surface area is 151 Å². The predicted molar refractivity (Wildman–Crippen MR) is 101 cm³/mol. The highest BCUT2D eigenvalue weighted by molar-refractivity contribution is 5.77. The van der Waals surface area contributed by atoms with Crippen LogP contribution in [0.2, 0.25) is 0 Å². The maximum atomic E-state index is 12.4. The number of carbonyl (C=O) groups is 1. The van der Waals surface area contributed by atoms with Crippen LogP contribution in [0.1, 0.15) is 57.2 Å². The van der Waals surface area contributed by atoms with Crippen LogP contribution in [0.4, 0.5) is 5.82 Å². The van der Waals surface area contributed by atoms with E-state index in [1.165, 1.54) is 18.4 Å². The first-order valence-corrected chi connectivity index (χ1v) is 9.71. The summed E-state index contributed by atoms with van der Waals surface area (Å²) in [6.45, 7) is 12.5. The summed E-state index contributed by atoms with van der Waals surface area (Å²) in [5.41, 5.74) is 2.47. The molecule has 0 aromatic carbocycles. The van der Waals surface area contributed by atoms with E-state index in [0.717, 1.165) is 50.5 Å².